The first-order valence-corrected chi connectivity index (χ1v) is 8.21. The highest BCUT2D eigenvalue weighted by molar-refractivity contribution is 5.98. The molecule has 122 valence electrons. The predicted molar refractivity (Wildman–Crippen MR) is 89.9 cm³/mol. The van der Waals surface area contributed by atoms with Crippen molar-refractivity contribution in [2.45, 2.75) is 40.2 Å². The van der Waals surface area contributed by atoms with Gasteiger partial charge in [-0.3, -0.25) is 4.79 Å². The molecule has 1 fully saturated rings. The third kappa shape index (κ3) is 4.55. The monoisotopic (exact) mass is 304 g/mol. The number of benzene rings is 1. The van der Waals surface area contributed by atoms with E-state index in [9.17, 15) is 4.79 Å². The van der Waals surface area contributed by atoms with E-state index in [2.05, 4.69) is 10.2 Å². The standard InChI is InChI=1S/C18H28N2O2/c1-13(2)22-18-12-14(3)16(11-15(18)4)17(21)5-8-20-9-6-19-7-10-20/h11-13,19H,5-10H2,1-4H3. The Morgan fingerprint density at radius 1 is 1.23 bits per heavy atom. The molecule has 1 aliphatic heterocycles. The fourth-order valence-electron chi connectivity index (χ4n) is 2.80. The molecule has 0 bridgehead atoms. The van der Waals surface area contributed by atoms with Crippen LogP contribution < -0.4 is 10.1 Å². The van der Waals surface area contributed by atoms with E-state index in [0.29, 0.717) is 6.42 Å². The Morgan fingerprint density at radius 2 is 1.91 bits per heavy atom. The number of carbonyl (C=O) groups excluding carboxylic acids is 1. The quantitative estimate of drug-likeness (QED) is 0.820. The molecule has 4 heteroatoms. The molecule has 0 unspecified atom stereocenters. The molecular formula is C18H28N2O2. The summed E-state index contributed by atoms with van der Waals surface area (Å²) in [6.07, 6.45) is 0.734. The number of hydrogen-bond acceptors (Lipinski definition) is 4. The van der Waals surface area contributed by atoms with Crippen molar-refractivity contribution in [2.24, 2.45) is 0 Å². The number of aryl methyl sites for hydroxylation is 2. The van der Waals surface area contributed by atoms with Gasteiger partial charge in [-0.25, -0.2) is 0 Å². The van der Waals surface area contributed by atoms with Gasteiger partial charge in [0.05, 0.1) is 6.10 Å². The van der Waals surface area contributed by atoms with Crippen LogP contribution in [0.1, 0.15) is 41.8 Å². The van der Waals surface area contributed by atoms with Crippen LogP contribution in [0.15, 0.2) is 12.1 Å². The van der Waals surface area contributed by atoms with Crippen LogP contribution in [0.2, 0.25) is 0 Å². The lowest BCUT2D eigenvalue weighted by atomic mass is 9.99. The van der Waals surface area contributed by atoms with Crippen molar-refractivity contribution >= 4 is 5.78 Å². The van der Waals surface area contributed by atoms with E-state index < -0.39 is 0 Å². The van der Waals surface area contributed by atoms with E-state index in [-0.39, 0.29) is 11.9 Å². The second-order valence-electron chi connectivity index (χ2n) is 6.36. The summed E-state index contributed by atoms with van der Waals surface area (Å²) in [5, 5.41) is 3.33. The van der Waals surface area contributed by atoms with Crippen LogP contribution in [-0.4, -0.2) is 49.5 Å². The molecule has 0 amide bonds. The van der Waals surface area contributed by atoms with Crippen LogP contribution in [0.4, 0.5) is 0 Å². The lowest BCUT2D eigenvalue weighted by molar-refractivity contribution is 0.0960. The molecule has 1 N–H and O–H groups in total. The van der Waals surface area contributed by atoms with Crippen LogP contribution in [0.25, 0.3) is 0 Å². The molecule has 0 spiro atoms. The number of rotatable bonds is 6. The van der Waals surface area contributed by atoms with Gasteiger partial charge >= 0.3 is 0 Å². The molecule has 0 radical (unpaired) electrons. The van der Waals surface area contributed by atoms with Gasteiger partial charge in [0.25, 0.3) is 0 Å². The number of piperazine rings is 1. The maximum absolute atomic E-state index is 12.5. The van der Waals surface area contributed by atoms with Crippen LogP contribution >= 0.6 is 0 Å². The Hall–Kier alpha value is -1.39. The number of ketones is 1. The molecule has 4 nitrogen and oxygen atoms in total. The highest BCUT2D eigenvalue weighted by atomic mass is 16.5. The zero-order valence-electron chi connectivity index (χ0n) is 14.2. The Labute approximate surface area is 133 Å². The molecule has 22 heavy (non-hydrogen) atoms. The maximum atomic E-state index is 12.5. The van der Waals surface area contributed by atoms with Crippen molar-refractivity contribution < 1.29 is 9.53 Å². The molecule has 1 saturated heterocycles. The average molecular weight is 304 g/mol. The van der Waals surface area contributed by atoms with Gasteiger partial charge in [0, 0.05) is 44.7 Å². The highest BCUT2D eigenvalue weighted by Crippen LogP contribution is 2.24. The third-order valence-corrected chi connectivity index (χ3v) is 4.05. The Kier molecular flexibility index (Phi) is 5.98. The van der Waals surface area contributed by atoms with Crippen LogP contribution in [0.3, 0.4) is 0 Å². The lowest BCUT2D eigenvalue weighted by Gasteiger charge is -2.26. The molecule has 1 aliphatic rings. The van der Waals surface area contributed by atoms with Gasteiger partial charge in [-0.2, -0.15) is 0 Å². The molecule has 0 aliphatic carbocycles. The summed E-state index contributed by atoms with van der Waals surface area (Å²) in [6.45, 7) is 13.0. The summed E-state index contributed by atoms with van der Waals surface area (Å²) < 4.78 is 5.79. The minimum absolute atomic E-state index is 0.146. The zero-order valence-corrected chi connectivity index (χ0v) is 14.2. The van der Waals surface area contributed by atoms with E-state index in [1.807, 2.05) is 39.8 Å². The second kappa shape index (κ2) is 7.75. The predicted octanol–water partition coefficient (Wildman–Crippen LogP) is 2.57. The van der Waals surface area contributed by atoms with Crippen LogP contribution in [0.5, 0.6) is 5.75 Å². The molecule has 1 heterocycles. The minimum atomic E-state index is 0.146. The van der Waals surface area contributed by atoms with Gasteiger partial charge in [0.15, 0.2) is 5.78 Å². The largest absolute Gasteiger partial charge is 0.491 e. The van der Waals surface area contributed by atoms with Crippen molar-refractivity contribution in [3.8, 4) is 5.75 Å². The summed E-state index contributed by atoms with van der Waals surface area (Å²) in [4.78, 5) is 14.9. The first-order chi connectivity index (χ1) is 10.5. The second-order valence-corrected chi connectivity index (χ2v) is 6.36. The average Bonchev–Trinajstić information content (AvgIpc) is 2.48. The van der Waals surface area contributed by atoms with Gasteiger partial charge in [-0.05, 0) is 51.0 Å². The number of ether oxygens (including phenoxy) is 1. The van der Waals surface area contributed by atoms with Gasteiger partial charge in [0.1, 0.15) is 5.75 Å². The summed E-state index contributed by atoms with van der Waals surface area (Å²) in [5.41, 5.74) is 2.88. The van der Waals surface area contributed by atoms with Gasteiger partial charge < -0.3 is 15.0 Å². The number of hydrogen-bond donors (Lipinski definition) is 1. The molecule has 1 aromatic carbocycles. The summed E-state index contributed by atoms with van der Waals surface area (Å²) in [6, 6.07) is 3.97. The summed E-state index contributed by atoms with van der Waals surface area (Å²) in [7, 11) is 0. The van der Waals surface area contributed by atoms with Gasteiger partial charge in [0.2, 0.25) is 0 Å². The number of Topliss-reactive ketones (excluding diaryl/α,β-unsaturated/α-hetero) is 1. The molecule has 0 aromatic heterocycles. The van der Waals surface area contributed by atoms with E-state index in [0.717, 1.165) is 55.2 Å². The summed E-state index contributed by atoms with van der Waals surface area (Å²) in [5.74, 6) is 1.11. The van der Waals surface area contributed by atoms with E-state index >= 15 is 0 Å². The van der Waals surface area contributed by atoms with E-state index in [1.165, 1.54) is 0 Å². The molecule has 0 atom stereocenters. The number of nitrogens with zero attached hydrogens (tertiary/aromatic N) is 1. The number of nitrogens with one attached hydrogen (secondary N) is 1. The minimum Gasteiger partial charge on any atom is -0.491 e. The van der Waals surface area contributed by atoms with Crippen molar-refractivity contribution in [2.75, 3.05) is 32.7 Å². The molecular weight excluding hydrogens is 276 g/mol. The van der Waals surface area contributed by atoms with Crippen molar-refractivity contribution in [1.82, 2.24) is 10.2 Å². The fraction of sp³-hybridized carbons (Fsp3) is 0.611. The van der Waals surface area contributed by atoms with Crippen LogP contribution in [0, 0.1) is 13.8 Å². The first-order valence-electron chi connectivity index (χ1n) is 8.21. The van der Waals surface area contributed by atoms with Gasteiger partial charge in [-0.15, -0.1) is 0 Å². The van der Waals surface area contributed by atoms with Crippen molar-refractivity contribution in [1.29, 1.82) is 0 Å². The first kappa shape index (κ1) is 17.0. The normalized spacial score (nSPS) is 16.0. The topological polar surface area (TPSA) is 41.6 Å². The SMILES string of the molecule is Cc1cc(C(=O)CCN2CCNCC2)c(C)cc1OC(C)C. The van der Waals surface area contributed by atoms with Gasteiger partial charge in [-0.1, -0.05) is 0 Å². The molecule has 2 rings (SSSR count). The Balaban J connectivity index is 2.01. The fourth-order valence-corrected chi connectivity index (χ4v) is 2.80. The smallest absolute Gasteiger partial charge is 0.164 e. The maximum Gasteiger partial charge on any atom is 0.164 e. The zero-order chi connectivity index (χ0) is 16.1. The van der Waals surface area contributed by atoms with Crippen molar-refractivity contribution in [3.63, 3.8) is 0 Å². The highest BCUT2D eigenvalue weighted by Gasteiger charge is 2.15. The molecule has 1 aromatic rings. The third-order valence-electron chi connectivity index (χ3n) is 4.05. The molecule has 0 saturated carbocycles. The lowest BCUT2D eigenvalue weighted by Crippen LogP contribution is -2.44. The van der Waals surface area contributed by atoms with Crippen LogP contribution in [-0.2, 0) is 0 Å². The van der Waals surface area contributed by atoms with Crippen molar-refractivity contribution in [3.05, 3.63) is 28.8 Å². The summed E-state index contributed by atoms with van der Waals surface area (Å²) >= 11 is 0. The Morgan fingerprint density at radius 3 is 2.55 bits per heavy atom. The Bertz CT molecular complexity index is 520. The van der Waals surface area contributed by atoms with E-state index in [4.69, 9.17) is 4.74 Å². The number of carbonyl (C=O) groups is 1. The van der Waals surface area contributed by atoms with E-state index in [1.54, 1.807) is 0 Å².